The maximum atomic E-state index is 12.1. The molecule has 0 saturated carbocycles. The molecule has 1 aliphatic rings. The highest BCUT2D eigenvalue weighted by Crippen LogP contribution is 2.24. The van der Waals surface area contributed by atoms with E-state index in [2.05, 4.69) is 5.32 Å². The van der Waals surface area contributed by atoms with Crippen molar-refractivity contribution in [2.75, 3.05) is 33.2 Å². The Bertz CT molecular complexity index is 711. The minimum Gasteiger partial charge on any atom is -0.507 e. The van der Waals surface area contributed by atoms with Crippen molar-refractivity contribution in [2.24, 2.45) is 17.2 Å². The number of rotatable bonds is 5. The van der Waals surface area contributed by atoms with Gasteiger partial charge in [0.05, 0.1) is 12.2 Å². The monoisotopic (exact) mass is 360 g/mol. The minimum absolute atomic E-state index is 0.0127. The lowest BCUT2D eigenvalue weighted by Crippen LogP contribution is -2.55. The molecule has 1 aliphatic heterocycles. The van der Waals surface area contributed by atoms with Crippen molar-refractivity contribution in [1.29, 1.82) is 0 Å². The second-order valence-corrected chi connectivity index (χ2v) is 6.37. The smallest absolute Gasteiger partial charge is 0.236 e. The maximum absolute atomic E-state index is 12.1. The molecule has 1 aromatic rings. The second kappa shape index (κ2) is 8.48. The van der Waals surface area contributed by atoms with Gasteiger partial charge >= 0.3 is 0 Å². The molecular formula is C18H28N6O2. The van der Waals surface area contributed by atoms with E-state index in [1.807, 2.05) is 16.7 Å². The molecule has 0 aromatic heterocycles. The molecule has 0 bridgehead atoms. The predicted octanol–water partition coefficient (Wildman–Crippen LogP) is -0.470. The number of phenols is 1. The molecule has 1 atom stereocenters. The van der Waals surface area contributed by atoms with Crippen LogP contribution in [0.5, 0.6) is 5.75 Å². The fraction of sp³-hybridized carbons (Fsp3) is 0.389. The molecule has 0 aliphatic carbocycles. The maximum Gasteiger partial charge on any atom is 0.236 e. The number of aromatic hydroxyl groups is 1. The van der Waals surface area contributed by atoms with Crippen molar-refractivity contribution >= 4 is 11.6 Å². The van der Waals surface area contributed by atoms with Crippen LogP contribution < -0.4 is 22.5 Å². The van der Waals surface area contributed by atoms with Crippen LogP contribution in [0.2, 0.25) is 0 Å². The van der Waals surface area contributed by atoms with E-state index in [0.29, 0.717) is 43.1 Å². The quantitative estimate of drug-likeness (QED) is 0.448. The number of hydrogen-bond acceptors (Lipinski definition) is 7. The van der Waals surface area contributed by atoms with E-state index >= 15 is 0 Å². The van der Waals surface area contributed by atoms with E-state index in [4.69, 9.17) is 17.2 Å². The fourth-order valence-corrected chi connectivity index (χ4v) is 3.10. The number of allylic oxidation sites excluding steroid dienone is 1. The van der Waals surface area contributed by atoms with Crippen molar-refractivity contribution in [3.05, 3.63) is 47.4 Å². The highest BCUT2D eigenvalue weighted by molar-refractivity contribution is 5.78. The summed E-state index contributed by atoms with van der Waals surface area (Å²) in [5.74, 6) is 0.299. The molecule has 1 unspecified atom stereocenters. The number of amides is 1. The van der Waals surface area contributed by atoms with Crippen molar-refractivity contribution < 1.29 is 9.90 Å². The third kappa shape index (κ3) is 4.40. The van der Waals surface area contributed by atoms with Crippen LogP contribution in [-0.2, 0) is 4.79 Å². The number of nitrogens with two attached hydrogens (primary N) is 3. The molecule has 26 heavy (non-hydrogen) atoms. The van der Waals surface area contributed by atoms with Crippen molar-refractivity contribution in [2.45, 2.75) is 13.0 Å². The van der Waals surface area contributed by atoms with Gasteiger partial charge in [0.25, 0.3) is 0 Å². The van der Waals surface area contributed by atoms with Crippen LogP contribution >= 0.6 is 0 Å². The first-order valence-electron chi connectivity index (χ1n) is 8.55. The number of benzene rings is 1. The zero-order valence-corrected chi connectivity index (χ0v) is 15.3. The highest BCUT2D eigenvalue weighted by Gasteiger charge is 2.28. The molecule has 1 amide bonds. The number of nitrogens with zero attached hydrogens (tertiary/aromatic N) is 2. The predicted molar refractivity (Wildman–Crippen MR) is 102 cm³/mol. The molecule has 0 spiro atoms. The summed E-state index contributed by atoms with van der Waals surface area (Å²) >= 11 is 0. The number of phenolic OH excluding ortho intramolecular Hbond substituents is 1. The number of carbonyl (C=O) groups is 1. The Kier molecular flexibility index (Phi) is 6.35. The van der Waals surface area contributed by atoms with Gasteiger partial charge in [-0.05, 0) is 32.2 Å². The molecule has 0 radical (unpaired) electrons. The van der Waals surface area contributed by atoms with E-state index in [1.54, 1.807) is 37.4 Å². The summed E-state index contributed by atoms with van der Waals surface area (Å²) in [6.07, 6.45) is 1.67. The van der Waals surface area contributed by atoms with Crippen LogP contribution in [0.15, 0.2) is 41.9 Å². The zero-order chi connectivity index (χ0) is 19.3. The van der Waals surface area contributed by atoms with Gasteiger partial charge in [-0.2, -0.15) is 0 Å². The number of carbonyl (C=O) groups excluding carboxylic acids is 1. The van der Waals surface area contributed by atoms with E-state index in [9.17, 15) is 9.90 Å². The van der Waals surface area contributed by atoms with Gasteiger partial charge in [-0.15, -0.1) is 0 Å². The number of nitrogens with one attached hydrogen (secondary N) is 1. The summed E-state index contributed by atoms with van der Waals surface area (Å²) in [7, 11) is 1.75. The van der Waals surface area contributed by atoms with Crippen LogP contribution in [0.25, 0.3) is 5.70 Å². The Balaban J connectivity index is 2.20. The van der Waals surface area contributed by atoms with Gasteiger partial charge in [-0.1, -0.05) is 12.1 Å². The van der Waals surface area contributed by atoms with Gasteiger partial charge in [-0.25, -0.2) is 0 Å². The Morgan fingerprint density at radius 2 is 2.00 bits per heavy atom. The summed E-state index contributed by atoms with van der Waals surface area (Å²) in [5.41, 5.74) is 19.4. The van der Waals surface area contributed by atoms with Crippen molar-refractivity contribution in [1.82, 2.24) is 15.1 Å². The van der Waals surface area contributed by atoms with E-state index < -0.39 is 0 Å². The first-order valence-corrected chi connectivity index (χ1v) is 8.55. The SMILES string of the molecule is CNCC(=O)N1CCN(C(/C=C(\N)c2ccccc2O)=C(N)N)CC1C. The van der Waals surface area contributed by atoms with Crippen LogP contribution in [0, 0.1) is 0 Å². The summed E-state index contributed by atoms with van der Waals surface area (Å²) < 4.78 is 0. The molecule has 2 rings (SSSR count). The van der Waals surface area contributed by atoms with Gasteiger partial charge < -0.3 is 37.4 Å². The lowest BCUT2D eigenvalue weighted by Gasteiger charge is -2.41. The largest absolute Gasteiger partial charge is 0.507 e. The number of hydrogen-bond donors (Lipinski definition) is 5. The first kappa shape index (κ1) is 19.5. The van der Waals surface area contributed by atoms with Gasteiger partial charge in [-0.3, -0.25) is 4.79 Å². The van der Waals surface area contributed by atoms with Crippen molar-refractivity contribution in [3.8, 4) is 5.75 Å². The number of likely N-dealkylation sites (N-methyl/N-ethyl adjacent to an activating group) is 1. The molecule has 8 heteroatoms. The van der Waals surface area contributed by atoms with Crippen LogP contribution in [0.3, 0.4) is 0 Å². The zero-order valence-electron chi connectivity index (χ0n) is 15.3. The van der Waals surface area contributed by atoms with E-state index in [-0.39, 0.29) is 23.5 Å². The average molecular weight is 360 g/mol. The Morgan fingerprint density at radius 1 is 1.31 bits per heavy atom. The van der Waals surface area contributed by atoms with Crippen LogP contribution in [0.1, 0.15) is 12.5 Å². The number of para-hydroxylation sites is 1. The standard InChI is InChI=1S/C18H28N6O2/c1-12-11-23(7-8-24(12)17(26)10-22-2)15(18(20)21)9-14(19)13-5-3-4-6-16(13)25/h3-6,9,12,22,25H,7-8,10-11,19-21H2,1-2H3/b14-9-. The first-order chi connectivity index (χ1) is 12.3. The third-order valence-corrected chi connectivity index (χ3v) is 4.42. The van der Waals surface area contributed by atoms with Crippen LogP contribution in [-0.4, -0.2) is 60.1 Å². The van der Waals surface area contributed by atoms with Crippen LogP contribution in [0.4, 0.5) is 0 Å². The molecule has 1 aromatic carbocycles. The lowest BCUT2D eigenvalue weighted by atomic mass is 10.1. The highest BCUT2D eigenvalue weighted by atomic mass is 16.3. The Labute approximate surface area is 153 Å². The normalized spacial score (nSPS) is 17.9. The molecule has 8 N–H and O–H groups in total. The van der Waals surface area contributed by atoms with Gasteiger partial charge in [0.2, 0.25) is 5.91 Å². The molecular weight excluding hydrogens is 332 g/mol. The molecule has 1 saturated heterocycles. The molecule has 1 fully saturated rings. The molecule has 1 heterocycles. The van der Waals surface area contributed by atoms with Gasteiger partial charge in [0, 0.05) is 36.9 Å². The van der Waals surface area contributed by atoms with Gasteiger partial charge in [0.15, 0.2) is 0 Å². The lowest BCUT2D eigenvalue weighted by molar-refractivity contribution is -0.134. The molecule has 142 valence electrons. The van der Waals surface area contributed by atoms with E-state index in [1.165, 1.54) is 0 Å². The summed E-state index contributed by atoms with van der Waals surface area (Å²) in [6, 6.07) is 6.82. The Morgan fingerprint density at radius 3 is 2.58 bits per heavy atom. The summed E-state index contributed by atoms with van der Waals surface area (Å²) in [6.45, 7) is 4.06. The fourth-order valence-electron chi connectivity index (χ4n) is 3.10. The molecule has 8 nitrogen and oxygen atoms in total. The summed E-state index contributed by atoms with van der Waals surface area (Å²) in [4.78, 5) is 16.0. The third-order valence-electron chi connectivity index (χ3n) is 4.42. The topological polar surface area (TPSA) is 134 Å². The minimum atomic E-state index is 0.0127. The van der Waals surface area contributed by atoms with Crippen molar-refractivity contribution in [3.63, 3.8) is 0 Å². The van der Waals surface area contributed by atoms with E-state index in [0.717, 1.165) is 0 Å². The van der Waals surface area contributed by atoms with Gasteiger partial charge in [0.1, 0.15) is 11.6 Å². The average Bonchev–Trinajstić information content (AvgIpc) is 2.59. The summed E-state index contributed by atoms with van der Waals surface area (Å²) in [5, 5.41) is 12.9. The Hall–Kier alpha value is -2.87. The second-order valence-electron chi connectivity index (χ2n) is 6.37. The number of piperazine rings is 1.